The lowest BCUT2D eigenvalue weighted by atomic mass is 9.80. The van der Waals surface area contributed by atoms with Gasteiger partial charge < -0.3 is 18.3 Å². The Labute approximate surface area is 577 Å². The van der Waals surface area contributed by atoms with Crippen molar-refractivity contribution >= 4 is 87.2 Å². The van der Waals surface area contributed by atoms with Crippen molar-refractivity contribution in [2.75, 3.05) is 0 Å². The van der Waals surface area contributed by atoms with E-state index >= 15 is 0 Å². The summed E-state index contributed by atoms with van der Waals surface area (Å²) in [6.45, 7) is 0. The van der Waals surface area contributed by atoms with E-state index in [2.05, 4.69) is 382 Å². The van der Waals surface area contributed by atoms with Crippen molar-refractivity contribution in [2.45, 2.75) is 0 Å². The summed E-state index contributed by atoms with van der Waals surface area (Å²) < 4.78 is 9.93. The second kappa shape index (κ2) is 23.2. The van der Waals surface area contributed by atoms with E-state index in [-0.39, 0.29) is 0 Å². The number of para-hydroxylation sites is 12. The molecule has 0 fully saturated rings. The molecule has 0 saturated carbocycles. The van der Waals surface area contributed by atoms with Crippen LogP contribution in [0.3, 0.4) is 0 Å². The van der Waals surface area contributed by atoms with Crippen LogP contribution in [0.4, 0.5) is 0 Å². The topological polar surface area (TPSA) is 45.5 Å². The normalized spacial score (nSPS) is 11.8. The minimum Gasteiger partial charge on any atom is -0.309 e. The van der Waals surface area contributed by atoms with Gasteiger partial charge in [0, 0.05) is 116 Å². The monoisotopic (exact) mass is 1270 g/mol. The molecule has 6 heterocycles. The maximum absolute atomic E-state index is 6.78. The van der Waals surface area contributed by atoms with Crippen molar-refractivity contribution in [1.29, 1.82) is 0 Å². The fraction of sp³-hybridized carbons (Fsp3) is 0. The van der Waals surface area contributed by atoms with Gasteiger partial charge in [-0.1, -0.05) is 279 Å². The van der Waals surface area contributed by atoms with Crippen LogP contribution in [0.1, 0.15) is 0 Å². The minimum atomic E-state index is 0.827. The molecule has 0 radical (unpaired) electrons. The molecule has 14 aromatic carbocycles. The summed E-state index contributed by atoms with van der Waals surface area (Å²) in [5, 5.41) is 9.12. The van der Waals surface area contributed by atoms with Crippen LogP contribution >= 0.6 is 0 Å². The lowest BCUT2D eigenvalue weighted by molar-refractivity contribution is 1.17. The predicted octanol–water partition coefficient (Wildman–Crippen LogP) is 24.5. The van der Waals surface area contributed by atoms with Crippen LogP contribution in [0.25, 0.3) is 188 Å². The van der Waals surface area contributed by atoms with Crippen molar-refractivity contribution in [2.24, 2.45) is 0 Å². The Bertz CT molecular complexity index is 6280. The molecule has 20 rings (SSSR count). The maximum Gasteiger partial charge on any atom is 0.0816 e. The molecule has 0 aliphatic rings. The molecule has 0 aliphatic heterocycles. The average molecular weight is 1270 g/mol. The average Bonchev–Trinajstić information content (AvgIpc) is 1.37. The van der Waals surface area contributed by atoms with Gasteiger partial charge >= 0.3 is 0 Å². The molecule has 6 heteroatoms. The minimum absolute atomic E-state index is 0.827. The molecular weight excluding hydrogens is 1210 g/mol. The molecule has 0 unspecified atom stereocenters. The van der Waals surface area contributed by atoms with Gasteiger partial charge in [-0.05, 0) is 90.5 Å². The molecule has 0 saturated heterocycles. The Kier molecular flexibility index (Phi) is 13.2. The predicted molar refractivity (Wildman–Crippen MR) is 417 cm³/mol. The van der Waals surface area contributed by atoms with E-state index in [1.807, 2.05) is 0 Å². The van der Waals surface area contributed by atoms with E-state index in [1.54, 1.807) is 0 Å². The highest BCUT2D eigenvalue weighted by atomic mass is 15.0. The fourth-order valence-electron chi connectivity index (χ4n) is 16.3. The summed E-state index contributed by atoms with van der Waals surface area (Å²) >= 11 is 0. The lowest BCUT2D eigenvalue weighted by Crippen LogP contribution is -2.06. The number of hydrogen-bond acceptors (Lipinski definition) is 2. The third-order valence-electron chi connectivity index (χ3n) is 20.4. The Balaban J connectivity index is 1.09. The van der Waals surface area contributed by atoms with Gasteiger partial charge in [0.25, 0.3) is 0 Å². The number of fused-ring (bicyclic) bond motifs is 12. The molecule has 6 aromatic heterocycles. The Morgan fingerprint density at radius 3 is 0.820 bits per heavy atom. The third kappa shape index (κ3) is 8.77. The number of aromatic nitrogens is 6. The first-order chi connectivity index (χ1) is 49.7. The molecule has 0 N–H and O–H groups in total. The van der Waals surface area contributed by atoms with Gasteiger partial charge in [0.15, 0.2) is 0 Å². The van der Waals surface area contributed by atoms with Crippen molar-refractivity contribution < 1.29 is 0 Å². The van der Waals surface area contributed by atoms with Crippen molar-refractivity contribution in [3.63, 3.8) is 0 Å². The van der Waals surface area contributed by atoms with Crippen LogP contribution in [0.15, 0.2) is 364 Å². The second-order valence-corrected chi connectivity index (χ2v) is 25.8. The molecule has 0 amide bonds. The summed E-state index contributed by atoms with van der Waals surface area (Å²) in [4.78, 5) is 12.5. The first kappa shape index (κ1) is 56.9. The molecule has 466 valence electrons. The highest BCUT2D eigenvalue weighted by molar-refractivity contribution is 6.24. The Hall–Kier alpha value is -13.4. The SMILES string of the molecule is c1ccc(-c2cccc(-c3ccccc3-c3c(-c4cccc5c6ccccc6n(-c6ccccc6)c45)c(-c4cccc5c6ccccc6n(-c6ccccc6)c45)nc(-c4cccc5c6ccccc6n(-c6ccccc6)c45)c3-c3cccc4c5ccccc5n(-c5ccccc5)c34)n2)cc1. The number of nitrogens with zero attached hydrogens (tertiary/aromatic N) is 6. The van der Waals surface area contributed by atoms with Crippen molar-refractivity contribution in [3.8, 4) is 101 Å². The molecular formula is C94H60N6. The zero-order chi connectivity index (χ0) is 65.8. The van der Waals surface area contributed by atoms with Crippen molar-refractivity contribution in [3.05, 3.63) is 364 Å². The quantitative estimate of drug-likeness (QED) is 0.130. The van der Waals surface area contributed by atoms with E-state index in [0.717, 1.165) is 188 Å². The standard InChI is InChI=1S/C94H60N6/c1-6-31-61(32-7-1)80-55-30-56-81(95-80)66-41-16-17-46-71(66)86-87(76-51-26-47-72-67-42-18-22-57-82(67)97(91(72)76)62-33-8-2-9-34-62)89(78-53-28-49-74-69-44-20-24-59-84(69)99(93(74)78)64-37-12-4-13-38-64)96-90(79-54-29-50-75-70-45-21-25-60-85(70)100(94(75)79)65-39-14-5-15-40-65)88(86)77-52-27-48-73-68-43-19-23-58-83(68)98(92(73)77)63-35-10-3-11-36-63/h1-60H. The van der Waals surface area contributed by atoms with Crippen LogP contribution < -0.4 is 0 Å². The summed E-state index contributed by atoms with van der Waals surface area (Å²) in [5.74, 6) is 0. The highest BCUT2D eigenvalue weighted by Crippen LogP contribution is 2.56. The first-order valence-electron chi connectivity index (χ1n) is 34.2. The molecule has 6 nitrogen and oxygen atoms in total. The smallest absolute Gasteiger partial charge is 0.0816 e. The van der Waals surface area contributed by atoms with Gasteiger partial charge in [0.05, 0.1) is 66.9 Å². The third-order valence-corrected chi connectivity index (χ3v) is 20.4. The first-order valence-corrected chi connectivity index (χ1v) is 34.2. The number of pyridine rings is 2. The van der Waals surface area contributed by atoms with Crippen LogP contribution in [-0.2, 0) is 0 Å². The molecule has 0 spiro atoms. The van der Waals surface area contributed by atoms with Crippen LogP contribution in [0, 0.1) is 0 Å². The van der Waals surface area contributed by atoms with E-state index in [0.29, 0.717) is 0 Å². The van der Waals surface area contributed by atoms with Gasteiger partial charge in [0.1, 0.15) is 0 Å². The summed E-state index contributed by atoms with van der Waals surface area (Å²) in [6, 6.07) is 133. The zero-order valence-corrected chi connectivity index (χ0v) is 54.3. The lowest BCUT2D eigenvalue weighted by Gasteiger charge is -2.27. The zero-order valence-electron chi connectivity index (χ0n) is 54.3. The van der Waals surface area contributed by atoms with E-state index in [1.165, 1.54) is 0 Å². The van der Waals surface area contributed by atoms with E-state index in [4.69, 9.17) is 9.97 Å². The molecule has 0 bridgehead atoms. The van der Waals surface area contributed by atoms with Gasteiger partial charge in [0.2, 0.25) is 0 Å². The van der Waals surface area contributed by atoms with E-state index < -0.39 is 0 Å². The van der Waals surface area contributed by atoms with Crippen LogP contribution in [0.2, 0.25) is 0 Å². The van der Waals surface area contributed by atoms with Crippen LogP contribution in [0.5, 0.6) is 0 Å². The molecule has 20 aromatic rings. The van der Waals surface area contributed by atoms with Crippen LogP contribution in [-0.4, -0.2) is 28.2 Å². The van der Waals surface area contributed by atoms with Gasteiger partial charge in [-0.3, -0.25) is 0 Å². The Morgan fingerprint density at radius 1 is 0.170 bits per heavy atom. The van der Waals surface area contributed by atoms with Gasteiger partial charge in [-0.15, -0.1) is 0 Å². The van der Waals surface area contributed by atoms with Gasteiger partial charge in [-0.25, -0.2) is 9.97 Å². The maximum atomic E-state index is 6.78. The molecule has 0 atom stereocenters. The Morgan fingerprint density at radius 2 is 0.440 bits per heavy atom. The van der Waals surface area contributed by atoms with Gasteiger partial charge in [-0.2, -0.15) is 0 Å². The molecule has 100 heavy (non-hydrogen) atoms. The van der Waals surface area contributed by atoms with E-state index in [9.17, 15) is 0 Å². The summed E-state index contributed by atoms with van der Waals surface area (Å²) in [5.41, 5.74) is 26.3. The summed E-state index contributed by atoms with van der Waals surface area (Å²) in [6.07, 6.45) is 0. The van der Waals surface area contributed by atoms with Crippen molar-refractivity contribution in [1.82, 2.24) is 28.2 Å². The summed E-state index contributed by atoms with van der Waals surface area (Å²) in [7, 11) is 0. The second-order valence-electron chi connectivity index (χ2n) is 25.8. The number of hydrogen-bond donors (Lipinski definition) is 0. The highest BCUT2D eigenvalue weighted by Gasteiger charge is 2.34. The number of benzene rings is 14. The largest absolute Gasteiger partial charge is 0.309 e. The fourth-order valence-corrected chi connectivity index (χ4v) is 16.3. The number of rotatable bonds is 11. The molecule has 0 aliphatic carbocycles.